The third kappa shape index (κ3) is 2.24. The van der Waals surface area contributed by atoms with Crippen LogP contribution in [-0.2, 0) is 6.42 Å². The molecule has 0 radical (unpaired) electrons. The molecule has 21 heavy (non-hydrogen) atoms. The average molecular weight is 279 g/mol. The summed E-state index contributed by atoms with van der Waals surface area (Å²) in [5.74, 6) is 0.904. The molecule has 2 heteroatoms. The molecule has 3 atom stereocenters. The third-order valence-electron chi connectivity index (χ3n) is 5.05. The number of fused-ring (bicyclic) bond motifs is 1. The maximum atomic E-state index is 10.7. The van der Waals surface area contributed by atoms with Gasteiger partial charge in [-0.2, -0.15) is 0 Å². The predicted octanol–water partition coefficient (Wildman–Crippen LogP) is 3.52. The van der Waals surface area contributed by atoms with E-state index in [0.29, 0.717) is 11.8 Å². The van der Waals surface area contributed by atoms with E-state index in [1.807, 2.05) is 6.07 Å². The Morgan fingerprint density at radius 1 is 1.14 bits per heavy atom. The van der Waals surface area contributed by atoms with E-state index in [-0.39, 0.29) is 6.10 Å². The lowest BCUT2D eigenvalue weighted by molar-refractivity contribution is 0.151. The Hall–Kier alpha value is -1.80. The summed E-state index contributed by atoms with van der Waals surface area (Å²) in [5, 5.41) is 10.7. The van der Waals surface area contributed by atoms with E-state index in [9.17, 15) is 5.11 Å². The fourth-order valence-electron chi connectivity index (χ4n) is 3.66. The molecule has 1 saturated carbocycles. The van der Waals surface area contributed by atoms with Crippen molar-refractivity contribution in [1.82, 2.24) is 0 Å². The first-order chi connectivity index (χ1) is 10.2. The van der Waals surface area contributed by atoms with E-state index < -0.39 is 0 Å². The van der Waals surface area contributed by atoms with E-state index in [4.69, 9.17) is 0 Å². The lowest BCUT2D eigenvalue weighted by Crippen LogP contribution is -2.12. The maximum absolute atomic E-state index is 10.7. The fourth-order valence-corrected chi connectivity index (χ4v) is 3.66. The van der Waals surface area contributed by atoms with Gasteiger partial charge in [0.05, 0.1) is 6.10 Å². The van der Waals surface area contributed by atoms with Crippen molar-refractivity contribution in [1.29, 1.82) is 0 Å². The Labute approximate surface area is 126 Å². The maximum Gasteiger partial charge on any atom is 0.0824 e. The first-order valence-electron chi connectivity index (χ1n) is 7.81. The van der Waals surface area contributed by atoms with Gasteiger partial charge in [-0.3, -0.25) is 0 Å². The second-order valence-electron chi connectivity index (χ2n) is 6.42. The van der Waals surface area contributed by atoms with Crippen LogP contribution in [0.15, 0.2) is 48.5 Å². The van der Waals surface area contributed by atoms with Crippen LogP contribution in [0.2, 0.25) is 0 Å². The average Bonchev–Trinajstić information content (AvgIpc) is 3.25. The second-order valence-corrected chi connectivity index (χ2v) is 6.42. The predicted molar refractivity (Wildman–Crippen MR) is 85.7 cm³/mol. The Balaban J connectivity index is 1.53. The van der Waals surface area contributed by atoms with E-state index in [1.165, 1.54) is 16.8 Å². The third-order valence-corrected chi connectivity index (χ3v) is 5.05. The Kier molecular flexibility index (Phi) is 3.00. The molecule has 1 N–H and O–H groups in total. The van der Waals surface area contributed by atoms with Gasteiger partial charge in [0.2, 0.25) is 0 Å². The normalized spacial score (nSPS) is 24.8. The van der Waals surface area contributed by atoms with Gasteiger partial charge < -0.3 is 10.0 Å². The van der Waals surface area contributed by atoms with E-state index in [0.717, 1.165) is 24.9 Å². The van der Waals surface area contributed by atoms with E-state index >= 15 is 0 Å². The number of anilines is 1. The molecule has 2 aromatic rings. The Morgan fingerprint density at radius 3 is 2.76 bits per heavy atom. The SMILES string of the molecule is CN1CCc2cc(C(O)C3CC3c3ccccc3)ccc21. The van der Waals surface area contributed by atoms with Gasteiger partial charge in [-0.1, -0.05) is 42.5 Å². The number of nitrogens with zero attached hydrogens (tertiary/aromatic N) is 1. The summed E-state index contributed by atoms with van der Waals surface area (Å²) in [4.78, 5) is 2.29. The van der Waals surface area contributed by atoms with Gasteiger partial charge in [0, 0.05) is 19.3 Å². The molecule has 4 rings (SSSR count). The molecule has 2 aromatic carbocycles. The minimum Gasteiger partial charge on any atom is -0.388 e. The molecule has 1 heterocycles. The molecule has 1 aliphatic carbocycles. The molecule has 0 saturated heterocycles. The second kappa shape index (κ2) is 4.88. The van der Waals surface area contributed by atoms with Crippen molar-refractivity contribution < 1.29 is 5.11 Å². The summed E-state index contributed by atoms with van der Waals surface area (Å²) in [6.07, 6.45) is 1.87. The monoisotopic (exact) mass is 279 g/mol. The number of likely N-dealkylation sites (N-methyl/N-ethyl adjacent to an activating group) is 1. The number of aliphatic hydroxyl groups is 1. The van der Waals surface area contributed by atoms with Crippen LogP contribution >= 0.6 is 0 Å². The van der Waals surface area contributed by atoms with Gasteiger partial charge in [-0.05, 0) is 47.4 Å². The zero-order valence-electron chi connectivity index (χ0n) is 12.4. The standard InChI is InChI=1S/C19H21NO/c1-20-10-9-14-11-15(7-8-18(14)20)19(21)17-12-16(17)13-5-3-2-4-6-13/h2-8,11,16-17,19,21H,9-10,12H2,1H3. The molecule has 0 bridgehead atoms. The number of benzene rings is 2. The van der Waals surface area contributed by atoms with Crippen molar-refractivity contribution >= 4 is 5.69 Å². The van der Waals surface area contributed by atoms with Gasteiger partial charge >= 0.3 is 0 Å². The van der Waals surface area contributed by atoms with Gasteiger partial charge in [0.15, 0.2) is 0 Å². The Morgan fingerprint density at radius 2 is 1.95 bits per heavy atom. The van der Waals surface area contributed by atoms with Crippen molar-refractivity contribution in [3.8, 4) is 0 Å². The van der Waals surface area contributed by atoms with Crippen LogP contribution in [0.3, 0.4) is 0 Å². The van der Waals surface area contributed by atoms with Crippen LogP contribution in [0.1, 0.15) is 35.1 Å². The van der Waals surface area contributed by atoms with Crippen LogP contribution in [0.5, 0.6) is 0 Å². The Bertz CT molecular complexity index is 652. The first-order valence-corrected chi connectivity index (χ1v) is 7.81. The number of rotatable bonds is 3. The summed E-state index contributed by atoms with van der Waals surface area (Å²) >= 11 is 0. The molecule has 0 spiro atoms. The minimum atomic E-state index is -0.327. The van der Waals surface area contributed by atoms with Crippen LogP contribution < -0.4 is 4.90 Å². The minimum absolute atomic E-state index is 0.327. The van der Waals surface area contributed by atoms with Gasteiger partial charge in [-0.15, -0.1) is 0 Å². The summed E-state index contributed by atoms with van der Waals surface area (Å²) in [5.41, 5.74) is 5.15. The molecule has 0 amide bonds. The molecular weight excluding hydrogens is 258 g/mol. The van der Waals surface area contributed by atoms with Gasteiger partial charge in [0.25, 0.3) is 0 Å². The lowest BCUT2D eigenvalue weighted by Gasteiger charge is -2.15. The zero-order valence-corrected chi connectivity index (χ0v) is 12.4. The quantitative estimate of drug-likeness (QED) is 0.929. The van der Waals surface area contributed by atoms with Crippen LogP contribution in [0, 0.1) is 5.92 Å². The van der Waals surface area contributed by atoms with Crippen molar-refractivity contribution in [3.63, 3.8) is 0 Å². The number of aliphatic hydroxyl groups excluding tert-OH is 1. The summed E-state index contributed by atoms with van der Waals surface area (Å²) in [7, 11) is 2.13. The van der Waals surface area contributed by atoms with E-state index in [2.05, 4.69) is 54.4 Å². The highest BCUT2D eigenvalue weighted by Gasteiger charge is 2.43. The highest BCUT2D eigenvalue weighted by atomic mass is 16.3. The fraction of sp³-hybridized carbons (Fsp3) is 0.368. The summed E-state index contributed by atoms with van der Waals surface area (Å²) < 4.78 is 0. The van der Waals surface area contributed by atoms with Crippen LogP contribution in [0.4, 0.5) is 5.69 Å². The summed E-state index contributed by atoms with van der Waals surface area (Å²) in [6.45, 7) is 1.09. The van der Waals surface area contributed by atoms with Gasteiger partial charge in [-0.25, -0.2) is 0 Å². The molecule has 1 aliphatic heterocycles. The lowest BCUT2D eigenvalue weighted by atomic mass is 9.99. The number of hydrogen-bond acceptors (Lipinski definition) is 2. The summed E-state index contributed by atoms with van der Waals surface area (Å²) in [6, 6.07) is 17.1. The largest absolute Gasteiger partial charge is 0.388 e. The first kappa shape index (κ1) is 12.9. The van der Waals surface area contributed by atoms with Crippen molar-refractivity contribution in [2.75, 3.05) is 18.5 Å². The highest BCUT2D eigenvalue weighted by molar-refractivity contribution is 5.58. The molecule has 1 fully saturated rings. The molecule has 2 nitrogen and oxygen atoms in total. The van der Waals surface area contributed by atoms with Crippen molar-refractivity contribution in [2.24, 2.45) is 5.92 Å². The molecular formula is C19H21NO. The zero-order chi connectivity index (χ0) is 14.4. The topological polar surface area (TPSA) is 23.5 Å². The molecule has 2 aliphatic rings. The van der Waals surface area contributed by atoms with Crippen molar-refractivity contribution in [2.45, 2.75) is 24.9 Å². The molecule has 0 aromatic heterocycles. The van der Waals surface area contributed by atoms with E-state index in [1.54, 1.807) is 0 Å². The van der Waals surface area contributed by atoms with Gasteiger partial charge in [0.1, 0.15) is 0 Å². The molecule has 108 valence electrons. The van der Waals surface area contributed by atoms with Crippen LogP contribution in [-0.4, -0.2) is 18.7 Å². The van der Waals surface area contributed by atoms with Crippen LogP contribution in [0.25, 0.3) is 0 Å². The smallest absolute Gasteiger partial charge is 0.0824 e. The number of hydrogen-bond donors (Lipinski definition) is 1. The molecule has 3 unspecified atom stereocenters. The highest BCUT2D eigenvalue weighted by Crippen LogP contribution is 2.54. The van der Waals surface area contributed by atoms with Crippen molar-refractivity contribution in [3.05, 3.63) is 65.2 Å².